The molecule has 1 atom stereocenters. The second-order valence-electron chi connectivity index (χ2n) is 10.6. The van der Waals surface area contributed by atoms with Gasteiger partial charge in [0.05, 0.1) is 28.2 Å². The van der Waals surface area contributed by atoms with Crippen LogP contribution in [0.15, 0.2) is 71.5 Å². The normalized spacial score (nSPS) is 18.3. The zero-order valence-electron chi connectivity index (χ0n) is 22.6. The van der Waals surface area contributed by atoms with E-state index < -0.39 is 5.60 Å². The number of aliphatic hydroxyl groups is 1. The minimum atomic E-state index is -0.869. The molecule has 0 radical (unpaired) electrons. The van der Waals surface area contributed by atoms with Crippen LogP contribution in [0.1, 0.15) is 30.4 Å². The Labute approximate surface area is 234 Å². The average molecular weight is 550 g/mol. The minimum absolute atomic E-state index is 0.0370. The van der Waals surface area contributed by atoms with E-state index in [0.717, 1.165) is 48.4 Å². The molecule has 1 aliphatic rings. The molecule has 0 saturated carbocycles. The Hall–Kier alpha value is -3.26. The van der Waals surface area contributed by atoms with Crippen molar-refractivity contribution in [3.8, 4) is 11.5 Å². The number of imidazole rings is 1. The van der Waals surface area contributed by atoms with Crippen molar-refractivity contribution in [1.82, 2.24) is 14.0 Å². The number of benzene rings is 3. The molecular formula is C31H36ClN3O4. The molecule has 0 amide bonds. The van der Waals surface area contributed by atoms with Crippen LogP contribution in [0.5, 0.6) is 11.5 Å². The molecule has 0 spiro atoms. The second-order valence-corrected chi connectivity index (χ2v) is 11.0. The van der Waals surface area contributed by atoms with Crippen LogP contribution in [0.4, 0.5) is 0 Å². The second kappa shape index (κ2) is 11.9. The zero-order valence-corrected chi connectivity index (χ0v) is 23.4. The summed E-state index contributed by atoms with van der Waals surface area (Å²) in [5.74, 6) is 1.40. The maximum absolute atomic E-state index is 12.6. The first-order chi connectivity index (χ1) is 18.8. The van der Waals surface area contributed by atoms with E-state index >= 15 is 0 Å². The predicted octanol–water partition coefficient (Wildman–Crippen LogP) is 5.18. The molecule has 1 unspecified atom stereocenters. The number of aromatic nitrogens is 2. The standard InChI is InChI=1S/C31H36ClN3O4/c1-23-8-13-26(32)29(20-23)39-22-31(37)14-5-16-34(17-15-31)21-24-9-11-25(12-10-24)38-19-18-35-28-7-4-3-6-27(28)33(2)30(35)36/h3-4,6-13,20,37H,5,14-19,21-22H2,1-2H3. The molecule has 7 nitrogen and oxygen atoms in total. The summed E-state index contributed by atoms with van der Waals surface area (Å²) in [5, 5.41) is 11.8. The number of likely N-dealkylation sites (tertiary alicyclic amines) is 1. The summed E-state index contributed by atoms with van der Waals surface area (Å²) in [7, 11) is 1.79. The lowest BCUT2D eigenvalue weighted by Crippen LogP contribution is -2.37. The maximum Gasteiger partial charge on any atom is 0.328 e. The van der Waals surface area contributed by atoms with Crippen LogP contribution in [-0.2, 0) is 20.1 Å². The highest BCUT2D eigenvalue weighted by Gasteiger charge is 2.31. The van der Waals surface area contributed by atoms with Gasteiger partial charge in [-0.25, -0.2) is 4.79 Å². The topological polar surface area (TPSA) is 68.9 Å². The molecule has 1 aromatic heterocycles. The Kier molecular flexibility index (Phi) is 8.31. The van der Waals surface area contributed by atoms with Gasteiger partial charge in [0.25, 0.3) is 0 Å². The number of hydrogen-bond acceptors (Lipinski definition) is 5. The van der Waals surface area contributed by atoms with Crippen molar-refractivity contribution in [1.29, 1.82) is 0 Å². The summed E-state index contributed by atoms with van der Waals surface area (Å²) in [6.45, 7) is 5.65. The van der Waals surface area contributed by atoms with Gasteiger partial charge in [0.15, 0.2) is 0 Å². The van der Waals surface area contributed by atoms with Crippen LogP contribution in [0.3, 0.4) is 0 Å². The van der Waals surface area contributed by atoms with Gasteiger partial charge in [0.2, 0.25) is 0 Å². The van der Waals surface area contributed by atoms with E-state index in [9.17, 15) is 9.90 Å². The zero-order chi connectivity index (χ0) is 27.4. The molecule has 0 bridgehead atoms. The van der Waals surface area contributed by atoms with Gasteiger partial charge in [-0.15, -0.1) is 0 Å². The number of halogens is 1. The Morgan fingerprint density at radius 2 is 1.74 bits per heavy atom. The summed E-state index contributed by atoms with van der Waals surface area (Å²) >= 11 is 6.26. The number of ether oxygens (including phenoxy) is 2. The third-order valence-corrected chi connectivity index (χ3v) is 7.87. The number of hydrogen-bond donors (Lipinski definition) is 1. The lowest BCUT2D eigenvalue weighted by atomic mass is 9.96. The number of fused-ring (bicyclic) bond motifs is 1. The molecule has 1 saturated heterocycles. The van der Waals surface area contributed by atoms with Crippen molar-refractivity contribution < 1.29 is 14.6 Å². The summed E-state index contributed by atoms with van der Waals surface area (Å²) < 4.78 is 15.3. The van der Waals surface area contributed by atoms with Crippen molar-refractivity contribution in [2.75, 3.05) is 26.3 Å². The highest BCUT2D eigenvalue weighted by atomic mass is 35.5. The quantitative estimate of drug-likeness (QED) is 0.312. The third kappa shape index (κ3) is 6.49. The molecule has 5 rings (SSSR count). The van der Waals surface area contributed by atoms with E-state index in [2.05, 4.69) is 17.0 Å². The van der Waals surface area contributed by atoms with Crippen molar-refractivity contribution in [2.24, 2.45) is 7.05 Å². The van der Waals surface area contributed by atoms with Crippen LogP contribution >= 0.6 is 11.6 Å². The molecule has 4 aromatic rings. The number of nitrogens with zero attached hydrogens (tertiary/aromatic N) is 3. The smallest absolute Gasteiger partial charge is 0.328 e. The number of rotatable bonds is 9. The van der Waals surface area contributed by atoms with Gasteiger partial charge in [-0.2, -0.15) is 0 Å². The molecule has 1 fully saturated rings. The SMILES string of the molecule is Cc1ccc(Cl)c(OCC2(O)CCCN(Cc3ccc(OCCn4c(=O)n(C)c5ccccc54)cc3)CC2)c1. The fraction of sp³-hybridized carbons (Fsp3) is 0.387. The monoisotopic (exact) mass is 549 g/mol. The van der Waals surface area contributed by atoms with Gasteiger partial charge in [0.1, 0.15) is 24.7 Å². The van der Waals surface area contributed by atoms with E-state index in [-0.39, 0.29) is 12.3 Å². The summed E-state index contributed by atoms with van der Waals surface area (Å²) in [6.07, 6.45) is 2.24. The van der Waals surface area contributed by atoms with Gasteiger partial charge >= 0.3 is 5.69 Å². The molecular weight excluding hydrogens is 514 g/mol. The van der Waals surface area contributed by atoms with E-state index in [1.807, 2.05) is 61.5 Å². The van der Waals surface area contributed by atoms with Gasteiger partial charge in [-0.1, -0.05) is 41.9 Å². The van der Waals surface area contributed by atoms with Gasteiger partial charge in [-0.3, -0.25) is 14.0 Å². The largest absolute Gasteiger partial charge is 0.492 e. The summed E-state index contributed by atoms with van der Waals surface area (Å²) in [4.78, 5) is 15.0. The van der Waals surface area contributed by atoms with Gasteiger partial charge in [0, 0.05) is 20.1 Å². The van der Waals surface area contributed by atoms with E-state index in [4.69, 9.17) is 21.1 Å². The summed E-state index contributed by atoms with van der Waals surface area (Å²) in [6, 6.07) is 21.6. The summed E-state index contributed by atoms with van der Waals surface area (Å²) in [5.41, 5.74) is 3.20. The van der Waals surface area contributed by atoms with Crippen LogP contribution in [0.25, 0.3) is 11.0 Å². The van der Waals surface area contributed by atoms with Crippen molar-refractivity contribution in [2.45, 2.75) is 44.9 Å². The maximum atomic E-state index is 12.6. The third-order valence-electron chi connectivity index (χ3n) is 7.56. The molecule has 3 aromatic carbocycles. The lowest BCUT2D eigenvalue weighted by Gasteiger charge is -2.27. The van der Waals surface area contributed by atoms with Crippen molar-refractivity contribution >= 4 is 22.6 Å². The van der Waals surface area contributed by atoms with Crippen LogP contribution < -0.4 is 15.2 Å². The predicted molar refractivity (Wildman–Crippen MR) is 155 cm³/mol. The Morgan fingerprint density at radius 3 is 2.54 bits per heavy atom. The Morgan fingerprint density at radius 1 is 0.974 bits per heavy atom. The fourth-order valence-corrected chi connectivity index (χ4v) is 5.43. The number of para-hydroxylation sites is 2. The van der Waals surface area contributed by atoms with Crippen molar-refractivity contribution in [3.63, 3.8) is 0 Å². The highest BCUT2D eigenvalue weighted by molar-refractivity contribution is 6.32. The van der Waals surface area contributed by atoms with Gasteiger partial charge in [-0.05, 0) is 80.3 Å². The average Bonchev–Trinajstić information content (AvgIpc) is 3.05. The lowest BCUT2D eigenvalue weighted by molar-refractivity contribution is -0.0168. The molecule has 39 heavy (non-hydrogen) atoms. The van der Waals surface area contributed by atoms with E-state index in [0.29, 0.717) is 36.8 Å². The van der Waals surface area contributed by atoms with E-state index in [1.54, 1.807) is 16.2 Å². The fourth-order valence-electron chi connectivity index (χ4n) is 5.25. The Balaban J connectivity index is 1.11. The molecule has 8 heteroatoms. The van der Waals surface area contributed by atoms with Gasteiger partial charge < -0.3 is 14.6 Å². The number of aryl methyl sites for hydroxylation is 2. The van der Waals surface area contributed by atoms with Crippen LogP contribution in [-0.4, -0.2) is 51.0 Å². The molecule has 0 aliphatic carbocycles. The molecule has 2 heterocycles. The Bertz CT molecular complexity index is 1480. The molecule has 1 N–H and O–H groups in total. The first kappa shape index (κ1) is 27.3. The van der Waals surface area contributed by atoms with Crippen molar-refractivity contribution in [3.05, 3.63) is 93.4 Å². The first-order valence-corrected chi connectivity index (χ1v) is 13.9. The first-order valence-electron chi connectivity index (χ1n) is 13.5. The minimum Gasteiger partial charge on any atom is -0.492 e. The highest BCUT2D eigenvalue weighted by Crippen LogP contribution is 2.29. The van der Waals surface area contributed by atoms with Crippen LogP contribution in [0, 0.1) is 6.92 Å². The van der Waals surface area contributed by atoms with Crippen LogP contribution in [0.2, 0.25) is 5.02 Å². The van der Waals surface area contributed by atoms with E-state index in [1.165, 1.54) is 5.56 Å². The molecule has 1 aliphatic heterocycles. The molecule has 206 valence electrons.